The number of aryl methyl sites for hydroxylation is 1. The van der Waals surface area contributed by atoms with Gasteiger partial charge < -0.3 is 20.7 Å². The Morgan fingerprint density at radius 3 is 2.67 bits per heavy atom. The molecule has 0 aliphatic carbocycles. The van der Waals surface area contributed by atoms with Gasteiger partial charge in [0.1, 0.15) is 11.8 Å². The lowest BCUT2D eigenvalue weighted by molar-refractivity contribution is -0.137. The van der Waals surface area contributed by atoms with E-state index in [2.05, 4.69) is 6.92 Å². The normalized spacial score (nSPS) is 13.1. The summed E-state index contributed by atoms with van der Waals surface area (Å²) in [5.41, 5.74) is 6.52. The van der Waals surface area contributed by atoms with Crippen LogP contribution < -0.4 is 10.5 Å². The Hall–Kier alpha value is -1.73. The summed E-state index contributed by atoms with van der Waals surface area (Å²) in [5, 5.41) is 18.7. The van der Waals surface area contributed by atoms with Gasteiger partial charge in [0.25, 0.3) is 0 Å². The van der Waals surface area contributed by atoms with E-state index in [1.165, 1.54) is 18.9 Å². The molecule has 6 nitrogen and oxygen atoms in total. The number of carboxylic acid groups (broad SMARTS) is 1. The lowest BCUT2D eigenvalue weighted by Gasteiger charge is -2.17. The number of carbonyl (C=O) groups excluding carboxylic acids is 1. The molecule has 1 rings (SSSR count). The number of ether oxygens (including phenoxy) is 1. The molecule has 1 aromatic carbocycles. The third-order valence-electron chi connectivity index (χ3n) is 4.35. The molecular formula is C20H31NO5S. The van der Waals surface area contributed by atoms with Crippen LogP contribution >= 0.6 is 11.8 Å². The van der Waals surface area contributed by atoms with Crippen molar-refractivity contribution >= 4 is 23.5 Å². The van der Waals surface area contributed by atoms with Gasteiger partial charge >= 0.3 is 5.97 Å². The summed E-state index contributed by atoms with van der Waals surface area (Å²) in [4.78, 5) is 23.3. The number of aromatic hydroxyl groups is 1. The van der Waals surface area contributed by atoms with Crippen LogP contribution in [0.2, 0.25) is 0 Å². The fourth-order valence-electron chi connectivity index (χ4n) is 2.69. The number of rotatable bonds is 14. The number of nitrogens with two attached hydrogens (primary N) is 1. The molecular weight excluding hydrogens is 366 g/mol. The SMILES string of the molecule is CCCCCC(CC(=O)CCc1ccc(O)c(OC)c1)SC[C@H](N)C(=O)O. The van der Waals surface area contributed by atoms with E-state index in [9.17, 15) is 14.7 Å². The van der Waals surface area contributed by atoms with Crippen molar-refractivity contribution in [2.45, 2.75) is 63.2 Å². The summed E-state index contributed by atoms with van der Waals surface area (Å²) in [7, 11) is 1.49. The zero-order valence-electron chi connectivity index (χ0n) is 16.1. The molecule has 27 heavy (non-hydrogen) atoms. The number of carbonyl (C=O) groups is 2. The van der Waals surface area contributed by atoms with Gasteiger partial charge in [0.15, 0.2) is 11.5 Å². The minimum absolute atomic E-state index is 0.0785. The van der Waals surface area contributed by atoms with Gasteiger partial charge in [-0.25, -0.2) is 0 Å². The van der Waals surface area contributed by atoms with Crippen LogP contribution in [0.1, 0.15) is 51.0 Å². The number of hydrogen-bond donors (Lipinski definition) is 3. The van der Waals surface area contributed by atoms with Crippen LogP contribution in [0.25, 0.3) is 0 Å². The number of unbranched alkanes of at least 4 members (excludes halogenated alkanes) is 2. The van der Waals surface area contributed by atoms with Crippen molar-refractivity contribution in [3.63, 3.8) is 0 Å². The lowest BCUT2D eigenvalue weighted by atomic mass is 10.0. The molecule has 0 saturated carbocycles. The Labute approximate surface area is 165 Å². The quantitative estimate of drug-likeness (QED) is 0.413. The molecule has 0 bridgehead atoms. The highest BCUT2D eigenvalue weighted by Crippen LogP contribution is 2.27. The Bertz CT molecular complexity index is 608. The number of ketones is 1. The monoisotopic (exact) mass is 397 g/mol. The highest BCUT2D eigenvalue weighted by atomic mass is 32.2. The zero-order valence-corrected chi connectivity index (χ0v) is 17.0. The van der Waals surface area contributed by atoms with E-state index in [0.29, 0.717) is 30.8 Å². The summed E-state index contributed by atoms with van der Waals surface area (Å²) in [5.74, 6) is -0.0677. The molecule has 0 fully saturated rings. The number of methoxy groups -OCH3 is 1. The molecule has 152 valence electrons. The lowest BCUT2D eigenvalue weighted by Crippen LogP contribution is -2.33. The van der Waals surface area contributed by atoms with Crippen molar-refractivity contribution in [3.8, 4) is 11.5 Å². The van der Waals surface area contributed by atoms with Crippen LogP contribution in [0, 0.1) is 0 Å². The number of phenolic OH excluding ortho intramolecular Hbond substituents is 1. The van der Waals surface area contributed by atoms with E-state index >= 15 is 0 Å². The summed E-state index contributed by atoms with van der Waals surface area (Å²) in [6, 6.07) is 4.19. The maximum absolute atomic E-state index is 12.4. The van der Waals surface area contributed by atoms with Crippen molar-refractivity contribution < 1.29 is 24.5 Å². The van der Waals surface area contributed by atoms with Gasteiger partial charge in [-0.3, -0.25) is 9.59 Å². The number of aliphatic carboxylic acids is 1. The topological polar surface area (TPSA) is 110 Å². The number of carboxylic acids is 1. The van der Waals surface area contributed by atoms with Crippen molar-refractivity contribution in [1.29, 1.82) is 0 Å². The molecule has 1 aromatic rings. The third-order valence-corrected chi connectivity index (χ3v) is 5.78. The average Bonchev–Trinajstić information content (AvgIpc) is 2.65. The standard InChI is InChI=1S/C20H31NO5S/c1-3-4-5-6-16(27-13-17(21)20(24)25)12-15(22)9-7-14-8-10-18(23)19(11-14)26-2/h8,10-11,16-17,23H,3-7,9,12-13,21H2,1-2H3,(H,24,25)/t16?,17-/m0/s1. The van der Waals surface area contributed by atoms with Crippen molar-refractivity contribution in [2.75, 3.05) is 12.9 Å². The van der Waals surface area contributed by atoms with Gasteiger partial charge in [-0.1, -0.05) is 32.3 Å². The van der Waals surface area contributed by atoms with Crippen LogP contribution in [-0.4, -0.2) is 46.1 Å². The van der Waals surface area contributed by atoms with E-state index in [-0.39, 0.29) is 16.8 Å². The van der Waals surface area contributed by atoms with Gasteiger partial charge in [-0.15, -0.1) is 0 Å². The Morgan fingerprint density at radius 1 is 1.30 bits per heavy atom. The fraction of sp³-hybridized carbons (Fsp3) is 0.600. The van der Waals surface area contributed by atoms with Crippen LogP contribution in [-0.2, 0) is 16.0 Å². The minimum Gasteiger partial charge on any atom is -0.504 e. The molecule has 0 spiro atoms. The smallest absolute Gasteiger partial charge is 0.321 e. The van der Waals surface area contributed by atoms with E-state index in [1.54, 1.807) is 18.2 Å². The zero-order chi connectivity index (χ0) is 20.2. The third kappa shape index (κ3) is 9.15. The second-order valence-electron chi connectivity index (χ2n) is 6.64. The van der Waals surface area contributed by atoms with Crippen molar-refractivity contribution in [1.82, 2.24) is 0 Å². The Morgan fingerprint density at radius 2 is 2.04 bits per heavy atom. The predicted octanol–water partition coefficient (Wildman–Crippen LogP) is 3.39. The van der Waals surface area contributed by atoms with E-state index in [4.69, 9.17) is 15.6 Å². The van der Waals surface area contributed by atoms with Crippen LogP contribution in [0.5, 0.6) is 11.5 Å². The highest BCUT2D eigenvalue weighted by Gasteiger charge is 2.18. The van der Waals surface area contributed by atoms with Crippen LogP contribution in [0.15, 0.2) is 18.2 Å². The van der Waals surface area contributed by atoms with E-state index in [0.717, 1.165) is 31.2 Å². The van der Waals surface area contributed by atoms with E-state index < -0.39 is 12.0 Å². The number of benzene rings is 1. The van der Waals surface area contributed by atoms with Crippen LogP contribution in [0.4, 0.5) is 0 Å². The van der Waals surface area contributed by atoms with Gasteiger partial charge in [0, 0.05) is 23.8 Å². The fourth-order valence-corrected chi connectivity index (χ4v) is 3.95. The number of phenols is 1. The molecule has 0 saturated heterocycles. The predicted molar refractivity (Wildman–Crippen MR) is 109 cm³/mol. The van der Waals surface area contributed by atoms with Crippen molar-refractivity contribution in [2.24, 2.45) is 5.73 Å². The molecule has 4 N–H and O–H groups in total. The molecule has 0 aliphatic rings. The van der Waals surface area contributed by atoms with Gasteiger partial charge in [0.2, 0.25) is 0 Å². The highest BCUT2D eigenvalue weighted by molar-refractivity contribution is 8.00. The first-order valence-electron chi connectivity index (χ1n) is 9.34. The number of hydrogen-bond acceptors (Lipinski definition) is 6. The second kappa shape index (κ2) is 12.6. The van der Waals surface area contributed by atoms with E-state index in [1.807, 2.05) is 0 Å². The molecule has 0 heterocycles. The maximum atomic E-state index is 12.4. The molecule has 7 heteroatoms. The molecule has 1 unspecified atom stereocenters. The summed E-state index contributed by atoms with van der Waals surface area (Å²) in [6.07, 6.45) is 5.53. The summed E-state index contributed by atoms with van der Waals surface area (Å²) >= 11 is 1.49. The Balaban J connectivity index is 2.54. The van der Waals surface area contributed by atoms with Crippen LogP contribution in [0.3, 0.4) is 0 Å². The van der Waals surface area contributed by atoms with Crippen molar-refractivity contribution in [3.05, 3.63) is 23.8 Å². The first-order chi connectivity index (χ1) is 12.9. The molecule has 0 aromatic heterocycles. The first-order valence-corrected chi connectivity index (χ1v) is 10.4. The summed E-state index contributed by atoms with van der Waals surface area (Å²) < 4.78 is 5.09. The summed E-state index contributed by atoms with van der Waals surface area (Å²) in [6.45, 7) is 2.12. The van der Waals surface area contributed by atoms with Gasteiger partial charge in [-0.2, -0.15) is 11.8 Å². The number of Topliss-reactive ketones (excluding diaryl/α,β-unsaturated/α-hetero) is 1. The Kier molecular flexibility index (Phi) is 10.9. The second-order valence-corrected chi connectivity index (χ2v) is 7.98. The van der Waals surface area contributed by atoms with Gasteiger partial charge in [-0.05, 0) is 30.5 Å². The van der Waals surface area contributed by atoms with Gasteiger partial charge in [0.05, 0.1) is 7.11 Å². The average molecular weight is 398 g/mol. The minimum atomic E-state index is -1.01. The molecule has 0 radical (unpaired) electrons. The largest absolute Gasteiger partial charge is 0.504 e. The molecule has 0 amide bonds. The first kappa shape index (κ1) is 23.3. The maximum Gasteiger partial charge on any atom is 0.321 e. The molecule has 0 aliphatic heterocycles. The number of thioether (sulfide) groups is 1. The molecule has 2 atom stereocenters.